The van der Waals surface area contributed by atoms with Crippen molar-refractivity contribution in [1.82, 2.24) is 14.9 Å². The first-order valence-electron chi connectivity index (χ1n) is 7.12. The number of carbonyl (C=O) groups is 1. The van der Waals surface area contributed by atoms with Crippen molar-refractivity contribution in [3.8, 4) is 0 Å². The van der Waals surface area contributed by atoms with E-state index < -0.39 is 0 Å². The van der Waals surface area contributed by atoms with Gasteiger partial charge in [0.15, 0.2) is 0 Å². The number of fused-ring (bicyclic) bond motifs is 1. The van der Waals surface area contributed by atoms with Gasteiger partial charge in [0, 0.05) is 10.0 Å². The third-order valence-electron chi connectivity index (χ3n) is 3.57. The second-order valence-corrected chi connectivity index (χ2v) is 7.01. The Hall–Kier alpha value is -1.89. The smallest absolute Gasteiger partial charge is 0.262 e. The van der Waals surface area contributed by atoms with E-state index in [1.165, 1.54) is 22.2 Å². The highest BCUT2D eigenvalue weighted by Gasteiger charge is 2.14. The van der Waals surface area contributed by atoms with Crippen LogP contribution in [0.1, 0.15) is 18.5 Å². The van der Waals surface area contributed by atoms with Crippen LogP contribution in [0.3, 0.4) is 0 Å². The summed E-state index contributed by atoms with van der Waals surface area (Å²) in [7, 11) is 0. The summed E-state index contributed by atoms with van der Waals surface area (Å²) in [5.74, 6) is -0.299. The Labute approximate surface area is 151 Å². The molecule has 8 heteroatoms. The lowest BCUT2D eigenvalue weighted by Crippen LogP contribution is -2.33. The Morgan fingerprint density at radius 3 is 2.92 bits per heavy atom. The molecule has 0 fully saturated rings. The number of aromatic nitrogens is 2. The summed E-state index contributed by atoms with van der Waals surface area (Å²) in [6.45, 7) is 1.71. The number of thiophene rings is 1. The molecule has 2 heterocycles. The molecule has 24 heavy (non-hydrogen) atoms. The minimum Gasteiger partial charge on any atom is -0.348 e. The number of nitrogens with one attached hydrogen (secondary N) is 1. The molecule has 1 atom stereocenters. The third-order valence-corrected chi connectivity index (χ3v) is 4.95. The van der Waals surface area contributed by atoms with Gasteiger partial charge in [0.05, 0.1) is 17.8 Å². The largest absolute Gasteiger partial charge is 0.348 e. The topological polar surface area (TPSA) is 64.0 Å². The van der Waals surface area contributed by atoms with Crippen LogP contribution in [0.4, 0.5) is 0 Å². The Morgan fingerprint density at radius 2 is 2.17 bits per heavy atom. The number of nitrogens with zero attached hydrogens (tertiary/aromatic N) is 2. The van der Waals surface area contributed by atoms with Gasteiger partial charge in [0.2, 0.25) is 5.91 Å². The standard InChI is InChI=1S/C16H13Cl2N3O2S/c1-9(11-3-2-10(17)6-13(11)18)20-14(22)7-21-8-19-15-12(16(21)23)4-5-24-15/h2-6,8-9H,7H2,1H3,(H,20,22)/t9-/m0/s1. The molecule has 3 rings (SSSR count). The molecular weight excluding hydrogens is 369 g/mol. The molecule has 124 valence electrons. The van der Waals surface area contributed by atoms with Gasteiger partial charge in [-0.2, -0.15) is 0 Å². The van der Waals surface area contributed by atoms with E-state index >= 15 is 0 Å². The maximum absolute atomic E-state index is 12.3. The molecule has 0 aliphatic heterocycles. The van der Waals surface area contributed by atoms with E-state index in [1.54, 1.807) is 29.6 Å². The van der Waals surface area contributed by atoms with Crippen LogP contribution in [0.2, 0.25) is 10.0 Å². The lowest BCUT2D eigenvalue weighted by Gasteiger charge is -2.16. The van der Waals surface area contributed by atoms with E-state index in [4.69, 9.17) is 23.2 Å². The molecule has 0 saturated heterocycles. The number of hydrogen-bond acceptors (Lipinski definition) is 4. The molecule has 3 aromatic rings. The zero-order valence-electron chi connectivity index (χ0n) is 12.6. The summed E-state index contributed by atoms with van der Waals surface area (Å²) in [6.07, 6.45) is 1.39. The monoisotopic (exact) mass is 381 g/mol. The Kier molecular flexibility index (Phi) is 4.89. The zero-order chi connectivity index (χ0) is 17.3. The van der Waals surface area contributed by atoms with Crippen LogP contribution >= 0.6 is 34.5 Å². The molecule has 0 saturated carbocycles. The van der Waals surface area contributed by atoms with Gasteiger partial charge >= 0.3 is 0 Å². The van der Waals surface area contributed by atoms with Gasteiger partial charge in [0.1, 0.15) is 11.4 Å². The maximum atomic E-state index is 12.3. The summed E-state index contributed by atoms with van der Waals surface area (Å²) in [6, 6.07) is 6.50. The maximum Gasteiger partial charge on any atom is 0.262 e. The van der Waals surface area contributed by atoms with Gasteiger partial charge in [-0.05, 0) is 36.1 Å². The molecule has 0 unspecified atom stereocenters. The number of rotatable bonds is 4. The third kappa shape index (κ3) is 3.45. The van der Waals surface area contributed by atoms with Crippen molar-refractivity contribution in [3.05, 3.63) is 61.9 Å². The van der Waals surface area contributed by atoms with Crippen LogP contribution in [-0.4, -0.2) is 15.5 Å². The average Bonchev–Trinajstić information content (AvgIpc) is 2.99. The average molecular weight is 382 g/mol. The fraction of sp³-hybridized carbons (Fsp3) is 0.188. The first-order valence-corrected chi connectivity index (χ1v) is 8.76. The van der Waals surface area contributed by atoms with Crippen molar-refractivity contribution in [2.24, 2.45) is 0 Å². The molecular formula is C16H13Cl2N3O2S. The first-order chi connectivity index (χ1) is 11.5. The minimum absolute atomic E-state index is 0.104. The summed E-state index contributed by atoms with van der Waals surface area (Å²) in [4.78, 5) is 29.4. The quantitative estimate of drug-likeness (QED) is 0.749. The summed E-state index contributed by atoms with van der Waals surface area (Å²) >= 11 is 13.4. The number of carbonyl (C=O) groups excluding carboxylic acids is 1. The van der Waals surface area contributed by atoms with Crippen LogP contribution in [-0.2, 0) is 11.3 Å². The van der Waals surface area contributed by atoms with E-state index in [1.807, 2.05) is 6.92 Å². The Balaban J connectivity index is 1.74. The number of halogens is 2. The normalized spacial score (nSPS) is 12.3. The molecule has 0 bridgehead atoms. The second-order valence-electron chi connectivity index (χ2n) is 5.27. The van der Waals surface area contributed by atoms with Gasteiger partial charge < -0.3 is 5.32 Å². The van der Waals surface area contributed by atoms with Crippen molar-refractivity contribution < 1.29 is 4.79 Å². The van der Waals surface area contributed by atoms with Crippen LogP contribution < -0.4 is 10.9 Å². The lowest BCUT2D eigenvalue weighted by molar-refractivity contribution is -0.122. The van der Waals surface area contributed by atoms with E-state index in [0.29, 0.717) is 20.3 Å². The molecule has 0 spiro atoms. The van der Waals surface area contributed by atoms with Crippen LogP contribution in [0.5, 0.6) is 0 Å². The summed E-state index contributed by atoms with van der Waals surface area (Å²) in [5, 5.41) is 6.15. The highest BCUT2D eigenvalue weighted by Crippen LogP contribution is 2.26. The van der Waals surface area contributed by atoms with Crippen molar-refractivity contribution in [2.45, 2.75) is 19.5 Å². The minimum atomic E-state index is -0.309. The van der Waals surface area contributed by atoms with Gasteiger partial charge in [-0.15, -0.1) is 11.3 Å². The second kappa shape index (κ2) is 6.93. The van der Waals surface area contributed by atoms with Gasteiger partial charge in [-0.1, -0.05) is 29.3 Å². The Morgan fingerprint density at radius 1 is 1.38 bits per heavy atom. The lowest BCUT2D eigenvalue weighted by atomic mass is 10.1. The zero-order valence-corrected chi connectivity index (χ0v) is 15.0. The van der Waals surface area contributed by atoms with Crippen molar-refractivity contribution >= 4 is 50.7 Å². The molecule has 0 radical (unpaired) electrons. The summed E-state index contributed by atoms with van der Waals surface area (Å²) < 4.78 is 1.29. The van der Waals surface area contributed by atoms with Gasteiger partial charge in [0.25, 0.3) is 5.56 Å². The van der Waals surface area contributed by atoms with E-state index in [-0.39, 0.29) is 24.1 Å². The highest BCUT2D eigenvalue weighted by atomic mass is 35.5. The van der Waals surface area contributed by atoms with Crippen LogP contribution in [0.25, 0.3) is 10.2 Å². The predicted octanol–water partition coefficient (Wildman–Crippen LogP) is 3.64. The molecule has 2 aromatic heterocycles. The molecule has 1 aromatic carbocycles. The Bertz CT molecular complexity index is 967. The molecule has 1 amide bonds. The van der Waals surface area contributed by atoms with Crippen molar-refractivity contribution in [3.63, 3.8) is 0 Å². The molecule has 0 aliphatic carbocycles. The van der Waals surface area contributed by atoms with Crippen LogP contribution in [0.15, 0.2) is 40.8 Å². The fourth-order valence-electron chi connectivity index (χ4n) is 2.38. The molecule has 5 nitrogen and oxygen atoms in total. The van der Waals surface area contributed by atoms with Gasteiger partial charge in [-0.25, -0.2) is 4.98 Å². The van der Waals surface area contributed by atoms with Crippen molar-refractivity contribution in [2.75, 3.05) is 0 Å². The van der Waals surface area contributed by atoms with E-state index in [0.717, 1.165) is 5.56 Å². The SMILES string of the molecule is C[C@H](NC(=O)Cn1cnc2sccc2c1=O)c1ccc(Cl)cc1Cl. The summed E-state index contributed by atoms with van der Waals surface area (Å²) in [5.41, 5.74) is 0.529. The van der Waals surface area contributed by atoms with E-state index in [2.05, 4.69) is 10.3 Å². The fourth-order valence-corrected chi connectivity index (χ4v) is 3.67. The van der Waals surface area contributed by atoms with Crippen molar-refractivity contribution in [1.29, 1.82) is 0 Å². The van der Waals surface area contributed by atoms with Gasteiger partial charge in [-0.3, -0.25) is 14.2 Å². The molecule has 0 aliphatic rings. The molecule has 1 N–H and O–H groups in total. The number of hydrogen-bond donors (Lipinski definition) is 1. The van der Waals surface area contributed by atoms with Crippen LogP contribution in [0, 0.1) is 0 Å². The van der Waals surface area contributed by atoms with E-state index in [9.17, 15) is 9.59 Å². The number of benzene rings is 1. The first kappa shape index (κ1) is 17.0. The number of amides is 1. The highest BCUT2D eigenvalue weighted by molar-refractivity contribution is 7.16. The predicted molar refractivity (Wildman–Crippen MR) is 96.9 cm³/mol.